The van der Waals surface area contributed by atoms with Gasteiger partial charge in [0, 0.05) is 29.8 Å². The fourth-order valence-corrected chi connectivity index (χ4v) is 3.22. The molecule has 0 aromatic heterocycles. The highest BCUT2D eigenvalue weighted by Gasteiger charge is 2.32. The van der Waals surface area contributed by atoms with E-state index in [1.807, 2.05) is 13.8 Å². The van der Waals surface area contributed by atoms with Crippen LogP contribution in [0.4, 0.5) is 5.69 Å². The molecule has 24 heavy (non-hydrogen) atoms. The number of quaternary nitrogens is 1. The number of benzene rings is 1. The predicted molar refractivity (Wildman–Crippen MR) is 93.4 cm³/mol. The van der Waals surface area contributed by atoms with E-state index in [1.165, 1.54) is 0 Å². The molecule has 0 aliphatic carbocycles. The van der Waals surface area contributed by atoms with E-state index in [2.05, 4.69) is 5.32 Å². The Hall–Kier alpha value is -1.79. The molecular formula is C17H25ClN3O3+. The maximum absolute atomic E-state index is 12.6. The van der Waals surface area contributed by atoms with Gasteiger partial charge in [-0.3, -0.25) is 9.59 Å². The molecule has 1 heterocycles. The van der Waals surface area contributed by atoms with Crippen LogP contribution in [-0.2, 0) is 9.59 Å². The van der Waals surface area contributed by atoms with Gasteiger partial charge in [-0.2, -0.15) is 0 Å². The maximum Gasteiger partial charge on any atom is 0.282 e. The quantitative estimate of drug-likeness (QED) is 0.730. The minimum absolute atomic E-state index is 0.0666. The minimum Gasteiger partial charge on any atom is -0.495 e. The second-order valence-electron chi connectivity index (χ2n) is 6.35. The van der Waals surface area contributed by atoms with Gasteiger partial charge in [-0.25, -0.2) is 0 Å². The fourth-order valence-electron chi connectivity index (χ4n) is 3.06. The van der Waals surface area contributed by atoms with Crippen LogP contribution in [0.1, 0.15) is 25.3 Å². The lowest BCUT2D eigenvalue weighted by atomic mass is 9.95. The van der Waals surface area contributed by atoms with E-state index in [0.29, 0.717) is 16.5 Å². The van der Waals surface area contributed by atoms with Gasteiger partial charge in [0.2, 0.25) is 5.91 Å². The summed E-state index contributed by atoms with van der Waals surface area (Å²) in [6.45, 7) is 5.29. The van der Waals surface area contributed by atoms with Crippen LogP contribution < -0.4 is 20.7 Å². The number of likely N-dealkylation sites (tertiary alicyclic amines) is 1. The highest BCUT2D eigenvalue weighted by molar-refractivity contribution is 6.31. The molecule has 0 spiro atoms. The SMILES string of the molecule is COc1cc(Cl)c(C)cc1NC(=O)[C@H](C)[NH+]1CCC(C(N)=O)CC1. The number of carbonyl (C=O) groups is 2. The molecule has 2 rings (SSSR count). The van der Waals surface area contributed by atoms with Gasteiger partial charge in [0.1, 0.15) is 5.75 Å². The molecule has 1 saturated heterocycles. The molecule has 7 heteroatoms. The Morgan fingerprint density at radius 2 is 2.00 bits per heavy atom. The molecule has 0 unspecified atom stereocenters. The Morgan fingerprint density at radius 3 is 2.54 bits per heavy atom. The van der Waals surface area contributed by atoms with Crippen molar-refractivity contribution in [3.63, 3.8) is 0 Å². The van der Waals surface area contributed by atoms with Gasteiger partial charge in [0.05, 0.1) is 25.9 Å². The number of carbonyl (C=O) groups excluding carboxylic acids is 2. The molecule has 1 aromatic carbocycles. The Bertz CT molecular complexity index is 628. The van der Waals surface area contributed by atoms with Crippen LogP contribution in [0.5, 0.6) is 5.75 Å². The van der Waals surface area contributed by atoms with E-state index in [-0.39, 0.29) is 23.8 Å². The monoisotopic (exact) mass is 354 g/mol. The summed E-state index contributed by atoms with van der Waals surface area (Å²) in [5.74, 6) is 0.145. The van der Waals surface area contributed by atoms with Gasteiger partial charge in [0.15, 0.2) is 6.04 Å². The highest BCUT2D eigenvalue weighted by atomic mass is 35.5. The first kappa shape index (κ1) is 18.5. The summed E-state index contributed by atoms with van der Waals surface area (Å²) in [6, 6.07) is 3.28. The molecule has 6 nitrogen and oxygen atoms in total. The van der Waals surface area contributed by atoms with Crippen molar-refractivity contribution < 1.29 is 19.2 Å². The first-order valence-electron chi connectivity index (χ1n) is 8.12. The number of ether oxygens (including phenoxy) is 1. The van der Waals surface area contributed by atoms with Crippen LogP contribution in [0.3, 0.4) is 0 Å². The largest absolute Gasteiger partial charge is 0.495 e. The van der Waals surface area contributed by atoms with Crippen molar-refractivity contribution in [3.8, 4) is 5.75 Å². The van der Waals surface area contributed by atoms with Gasteiger partial charge in [-0.15, -0.1) is 0 Å². The fraction of sp³-hybridized carbons (Fsp3) is 0.529. The van der Waals surface area contributed by atoms with Crippen molar-refractivity contribution in [1.29, 1.82) is 0 Å². The second kappa shape index (κ2) is 7.85. The second-order valence-corrected chi connectivity index (χ2v) is 6.75. The van der Waals surface area contributed by atoms with Crippen LogP contribution in [0.15, 0.2) is 12.1 Å². The third-order valence-electron chi connectivity index (χ3n) is 4.77. The van der Waals surface area contributed by atoms with E-state index < -0.39 is 0 Å². The lowest BCUT2D eigenvalue weighted by molar-refractivity contribution is -0.919. The highest BCUT2D eigenvalue weighted by Crippen LogP contribution is 2.30. The van der Waals surface area contributed by atoms with Crippen molar-refractivity contribution in [1.82, 2.24) is 0 Å². The molecule has 1 atom stereocenters. The van der Waals surface area contributed by atoms with Crippen LogP contribution in [0, 0.1) is 12.8 Å². The minimum atomic E-state index is -0.243. The van der Waals surface area contributed by atoms with E-state index >= 15 is 0 Å². The molecule has 0 radical (unpaired) electrons. The number of nitrogens with two attached hydrogens (primary N) is 1. The van der Waals surface area contributed by atoms with E-state index in [4.69, 9.17) is 22.1 Å². The third-order valence-corrected chi connectivity index (χ3v) is 5.18. The number of anilines is 1. The lowest BCUT2D eigenvalue weighted by Crippen LogP contribution is -3.17. The zero-order valence-corrected chi connectivity index (χ0v) is 15.1. The van der Waals surface area contributed by atoms with E-state index in [1.54, 1.807) is 19.2 Å². The summed E-state index contributed by atoms with van der Waals surface area (Å²) in [7, 11) is 1.54. The number of piperidine rings is 1. The summed E-state index contributed by atoms with van der Waals surface area (Å²) in [4.78, 5) is 25.0. The summed E-state index contributed by atoms with van der Waals surface area (Å²) in [5.41, 5.74) is 6.84. The molecule has 132 valence electrons. The van der Waals surface area contributed by atoms with E-state index in [9.17, 15) is 9.59 Å². The number of amides is 2. The summed E-state index contributed by atoms with van der Waals surface area (Å²) in [5, 5.41) is 3.52. The number of primary amides is 1. The number of nitrogens with one attached hydrogen (secondary N) is 2. The molecule has 1 aliphatic heterocycles. The Kier molecular flexibility index (Phi) is 6.07. The predicted octanol–water partition coefficient (Wildman–Crippen LogP) is 0.764. The Balaban J connectivity index is 2.02. The number of rotatable bonds is 5. The normalized spacial score (nSPS) is 21.8. The van der Waals surface area contributed by atoms with Crippen molar-refractivity contribution in [3.05, 3.63) is 22.7 Å². The summed E-state index contributed by atoms with van der Waals surface area (Å²) in [6.07, 6.45) is 1.46. The maximum atomic E-state index is 12.6. The van der Waals surface area contributed by atoms with Crippen molar-refractivity contribution in [2.75, 3.05) is 25.5 Å². The van der Waals surface area contributed by atoms with Crippen LogP contribution in [0.25, 0.3) is 0 Å². The standard InChI is InChI=1S/C17H24ClN3O3/c1-10-8-14(15(24-3)9-13(10)18)20-17(23)11(2)21-6-4-12(5-7-21)16(19)22/h8-9,11-12H,4-7H2,1-3H3,(H2,19,22)(H,20,23)/p+1/t11-/m0/s1. The first-order chi connectivity index (χ1) is 11.3. The van der Waals surface area contributed by atoms with E-state index in [0.717, 1.165) is 36.4 Å². The van der Waals surface area contributed by atoms with Crippen LogP contribution in [-0.4, -0.2) is 38.1 Å². The smallest absolute Gasteiger partial charge is 0.282 e. The number of hydrogen-bond acceptors (Lipinski definition) is 3. The molecule has 0 saturated carbocycles. The molecule has 1 aliphatic rings. The zero-order valence-electron chi connectivity index (χ0n) is 14.3. The van der Waals surface area contributed by atoms with Crippen LogP contribution >= 0.6 is 11.6 Å². The molecule has 2 amide bonds. The summed E-state index contributed by atoms with van der Waals surface area (Å²) < 4.78 is 5.29. The topological polar surface area (TPSA) is 85.9 Å². The first-order valence-corrected chi connectivity index (χ1v) is 8.50. The average Bonchev–Trinajstić information content (AvgIpc) is 2.57. The van der Waals surface area contributed by atoms with Crippen LogP contribution in [0.2, 0.25) is 5.02 Å². The third kappa shape index (κ3) is 4.19. The van der Waals surface area contributed by atoms with Gasteiger partial charge >= 0.3 is 0 Å². The van der Waals surface area contributed by atoms with Gasteiger partial charge in [-0.05, 0) is 25.5 Å². The molecule has 4 N–H and O–H groups in total. The molecular weight excluding hydrogens is 330 g/mol. The number of hydrogen-bond donors (Lipinski definition) is 3. The lowest BCUT2D eigenvalue weighted by Gasteiger charge is -2.31. The van der Waals surface area contributed by atoms with Crippen molar-refractivity contribution >= 4 is 29.1 Å². The molecule has 0 bridgehead atoms. The Morgan fingerprint density at radius 1 is 1.38 bits per heavy atom. The molecule has 1 fully saturated rings. The molecule has 1 aromatic rings. The summed E-state index contributed by atoms with van der Waals surface area (Å²) >= 11 is 6.09. The Labute approximate surface area is 147 Å². The number of aryl methyl sites for hydroxylation is 1. The number of halogens is 1. The van der Waals surface area contributed by atoms with Crippen molar-refractivity contribution in [2.24, 2.45) is 11.7 Å². The zero-order chi connectivity index (χ0) is 17.9. The van der Waals surface area contributed by atoms with Gasteiger partial charge in [-0.1, -0.05) is 11.6 Å². The van der Waals surface area contributed by atoms with Gasteiger partial charge < -0.3 is 20.7 Å². The number of methoxy groups -OCH3 is 1. The van der Waals surface area contributed by atoms with Crippen molar-refractivity contribution in [2.45, 2.75) is 32.7 Å². The van der Waals surface area contributed by atoms with Gasteiger partial charge in [0.25, 0.3) is 5.91 Å². The average molecular weight is 355 g/mol.